The molecule has 9 nitrogen and oxygen atoms in total. The fourth-order valence-electron chi connectivity index (χ4n) is 6.85. The monoisotopic (exact) mass is 584 g/mol. The first-order valence-electron chi connectivity index (χ1n) is 15.0. The summed E-state index contributed by atoms with van der Waals surface area (Å²) < 4.78 is 10.3. The predicted octanol–water partition coefficient (Wildman–Crippen LogP) is 3.91. The molecule has 2 aromatic rings. The number of aromatic nitrogens is 2. The molecule has 0 fully saturated rings. The summed E-state index contributed by atoms with van der Waals surface area (Å²) in [5, 5.41) is 1.83. The molecule has 2 aromatic heterocycles. The molecule has 8 bridgehead atoms. The first-order valence-corrected chi connectivity index (χ1v) is 15.0. The van der Waals surface area contributed by atoms with Crippen LogP contribution >= 0.6 is 0 Å². The Bertz CT molecular complexity index is 1730. The van der Waals surface area contributed by atoms with Gasteiger partial charge in [0.1, 0.15) is 0 Å². The summed E-state index contributed by atoms with van der Waals surface area (Å²) in [5.74, 6) is -0.469. The molecule has 0 amide bonds. The molecular formula is C34H40N4O5. The Morgan fingerprint density at radius 1 is 1.00 bits per heavy atom. The summed E-state index contributed by atoms with van der Waals surface area (Å²) in [5.41, 5.74) is 9.22. The van der Waals surface area contributed by atoms with Crippen molar-refractivity contribution in [1.82, 2.24) is 9.97 Å². The highest BCUT2D eigenvalue weighted by Crippen LogP contribution is 2.41. The van der Waals surface area contributed by atoms with Crippen molar-refractivity contribution in [2.75, 3.05) is 13.7 Å². The number of nitrogens with one attached hydrogen (secondary N) is 2. The predicted molar refractivity (Wildman–Crippen MR) is 168 cm³/mol. The van der Waals surface area contributed by atoms with Gasteiger partial charge in [-0.1, -0.05) is 20.8 Å². The fraction of sp³-hybridized carbons (Fsp3) is 0.441. The van der Waals surface area contributed by atoms with E-state index < -0.39 is 6.04 Å². The highest BCUT2D eigenvalue weighted by Gasteiger charge is 2.42. The van der Waals surface area contributed by atoms with Gasteiger partial charge in [-0.2, -0.15) is 0 Å². The number of fused-ring (bicyclic) bond motifs is 6. The van der Waals surface area contributed by atoms with Crippen LogP contribution in [0.1, 0.15) is 79.0 Å². The molecular weight excluding hydrogens is 544 g/mol. The minimum atomic E-state index is -0.460. The molecule has 3 aliphatic heterocycles. The zero-order valence-electron chi connectivity index (χ0n) is 26.0. The van der Waals surface area contributed by atoms with Crippen molar-refractivity contribution in [3.63, 3.8) is 0 Å². The number of carbonyl (C=O) groups excluding carboxylic acids is 3. The van der Waals surface area contributed by atoms with Crippen LogP contribution in [0.3, 0.4) is 0 Å². The van der Waals surface area contributed by atoms with Crippen LogP contribution in [0.5, 0.6) is 0 Å². The standard InChI is InChI=1S/C34H40N4O5/c1-8-22-17(2)26-13-30-24(15-39)19(4)25(36-30)12-27-18(3)23(10-9-11-43-16-40)32(37-27)21(6)33-31(34(41)42-7)20(5)28(38-33)14-29(22)35-26/h12-16,18,21,23,33,35-36H,8-11H2,1-7H3/b26-13?,27-12-,29-14?/t18-,21?,23-,33?/m0/s1. The SMILES string of the molecule is CCc1c(C)c2[nH]c1=CC1=NC(C(C(=O)OC)=C1C)C(C)C1=N/C(=C\c3[nH]c(c(C=O)c3C)C=2)[C@@H](C)[C@@H]1CCCOC=O. The number of aromatic amines is 2. The highest BCUT2D eigenvalue weighted by molar-refractivity contribution is 6.25. The van der Waals surface area contributed by atoms with E-state index in [4.69, 9.17) is 19.5 Å². The maximum absolute atomic E-state index is 13.2. The number of hydrogen-bond donors (Lipinski definition) is 2. The Morgan fingerprint density at radius 2 is 1.77 bits per heavy atom. The molecule has 0 radical (unpaired) electrons. The van der Waals surface area contributed by atoms with Crippen molar-refractivity contribution in [1.29, 1.82) is 0 Å². The summed E-state index contributed by atoms with van der Waals surface area (Å²) in [6.07, 6.45) is 9.19. The Morgan fingerprint density at radius 3 is 2.44 bits per heavy atom. The second-order valence-corrected chi connectivity index (χ2v) is 11.7. The van der Waals surface area contributed by atoms with Gasteiger partial charge >= 0.3 is 5.97 Å². The third-order valence-electron chi connectivity index (χ3n) is 9.41. The normalized spacial score (nSPS) is 23.9. The van der Waals surface area contributed by atoms with Gasteiger partial charge in [-0.25, -0.2) is 4.79 Å². The van der Waals surface area contributed by atoms with E-state index in [1.54, 1.807) is 0 Å². The van der Waals surface area contributed by atoms with E-state index in [1.807, 2.05) is 32.1 Å². The van der Waals surface area contributed by atoms with E-state index in [-0.39, 0.29) is 23.7 Å². The lowest BCUT2D eigenvalue weighted by Crippen LogP contribution is -2.32. The third-order valence-corrected chi connectivity index (χ3v) is 9.41. The molecule has 0 saturated carbocycles. The van der Waals surface area contributed by atoms with Crippen molar-refractivity contribution >= 4 is 48.4 Å². The fourth-order valence-corrected chi connectivity index (χ4v) is 6.85. The highest BCUT2D eigenvalue weighted by atomic mass is 16.5. The molecule has 0 aliphatic carbocycles. The number of allylic oxidation sites excluding steroid dienone is 2. The largest absolute Gasteiger partial charge is 0.468 e. The minimum Gasteiger partial charge on any atom is -0.468 e. The molecule has 0 aromatic carbocycles. The first-order chi connectivity index (χ1) is 20.6. The van der Waals surface area contributed by atoms with Crippen molar-refractivity contribution < 1.29 is 23.9 Å². The Hall–Kier alpha value is -4.27. The van der Waals surface area contributed by atoms with E-state index in [0.717, 1.165) is 80.6 Å². The minimum absolute atomic E-state index is 0.0568. The number of H-pyrrole nitrogens is 2. The van der Waals surface area contributed by atoms with Gasteiger partial charge < -0.3 is 19.4 Å². The molecule has 2 unspecified atom stereocenters. The number of carbonyl (C=O) groups is 3. The van der Waals surface area contributed by atoms with Crippen LogP contribution in [0.25, 0.3) is 18.2 Å². The molecule has 43 heavy (non-hydrogen) atoms. The second-order valence-electron chi connectivity index (χ2n) is 11.7. The number of rotatable bonds is 8. The van der Waals surface area contributed by atoms with Crippen molar-refractivity contribution in [2.45, 2.75) is 66.8 Å². The number of aliphatic imine (C=N–C) groups is 2. The van der Waals surface area contributed by atoms with Crippen LogP contribution in [-0.4, -0.2) is 59.9 Å². The average molecular weight is 585 g/mol. The quantitative estimate of drug-likeness (QED) is 0.277. The van der Waals surface area contributed by atoms with Gasteiger partial charge in [0.25, 0.3) is 6.47 Å². The zero-order chi connectivity index (χ0) is 31.0. The first kappa shape index (κ1) is 30.2. The van der Waals surface area contributed by atoms with Gasteiger partial charge in [0.05, 0.1) is 36.7 Å². The number of esters is 1. The number of ether oxygens (including phenoxy) is 2. The summed E-state index contributed by atoms with van der Waals surface area (Å²) in [6.45, 7) is 13.1. The number of hydrogen-bond acceptors (Lipinski definition) is 7. The van der Waals surface area contributed by atoms with E-state index in [1.165, 1.54) is 7.11 Å². The lowest BCUT2D eigenvalue weighted by Gasteiger charge is -2.25. The van der Waals surface area contributed by atoms with Gasteiger partial charge in [-0.05, 0) is 80.5 Å². The zero-order valence-corrected chi connectivity index (χ0v) is 26.0. The molecule has 226 valence electrons. The second kappa shape index (κ2) is 12.1. The Balaban J connectivity index is 1.79. The van der Waals surface area contributed by atoms with Crippen LogP contribution in [-0.2, 0) is 25.5 Å². The average Bonchev–Trinajstić information content (AvgIpc) is 3.68. The van der Waals surface area contributed by atoms with Crippen LogP contribution < -0.4 is 10.7 Å². The van der Waals surface area contributed by atoms with Crippen molar-refractivity contribution in [3.8, 4) is 0 Å². The van der Waals surface area contributed by atoms with E-state index in [0.29, 0.717) is 30.6 Å². The van der Waals surface area contributed by atoms with Crippen LogP contribution in [0, 0.1) is 31.6 Å². The molecule has 5 rings (SSSR count). The summed E-state index contributed by atoms with van der Waals surface area (Å²) in [7, 11) is 1.40. The van der Waals surface area contributed by atoms with Gasteiger partial charge in [0.2, 0.25) is 0 Å². The molecule has 3 aliphatic rings. The van der Waals surface area contributed by atoms with Crippen LogP contribution in [0.2, 0.25) is 0 Å². The summed E-state index contributed by atoms with van der Waals surface area (Å²) >= 11 is 0. The summed E-state index contributed by atoms with van der Waals surface area (Å²) in [6, 6.07) is -0.460. The van der Waals surface area contributed by atoms with Gasteiger partial charge in [0.15, 0.2) is 6.29 Å². The molecule has 9 heteroatoms. The molecule has 0 spiro atoms. The third kappa shape index (κ3) is 5.26. The van der Waals surface area contributed by atoms with Crippen molar-refractivity contribution in [3.05, 3.63) is 61.2 Å². The lowest BCUT2D eigenvalue weighted by atomic mass is 9.79. The smallest absolute Gasteiger partial charge is 0.336 e. The Labute approximate surface area is 251 Å². The van der Waals surface area contributed by atoms with Crippen LogP contribution in [0.4, 0.5) is 0 Å². The van der Waals surface area contributed by atoms with Gasteiger partial charge in [-0.15, -0.1) is 0 Å². The van der Waals surface area contributed by atoms with E-state index >= 15 is 0 Å². The molecule has 5 heterocycles. The number of aldehydes is 1. The maximum atomic E-state index is 13.2. The van der Waals surface area contributed by atoms with Gasteiger partial charge in [0, 0.05) is 51.1 Å². The summed E-state index contributed by atoms with van der Waals surface area (Å²) in [4.78, 5) is 53.6. The lowest BCUT2D eigenvalue weighted by molar-refractivity contribution is -0.136. The van der Waals surface area contributed by atoms with Crippen molar-refractivity contribution in [2.24, 2.45) is 27.7 Å². The molecule has 4 atom stereocenters. The Kier molecular flexibility index (Phi) is 8.53. The number of nitrogens with zero attached hydrogens (tertiary/aromatic N) is 2. The van der Waals surface area contributed by atoms with E-state index in [2.05, 4.69) is 37.7 Å². The van der Waals surface area contributed by atoms with E-state index in [9.17, 15) is 14.4 Å². The van der Waals surface area contributed by atoms with Gasteiger partial charge in [-0.3, -0.25) is 19.6 Å². The van der Waals surface area contributed by atoms with Crippen LogP contribution in [0.15, 0.2) is 26.8 Å². The topological polar surface area (TPSA) is 126 Å². The number of methoxy groups -OCH3 is 1. The molecule has 0 saturated heterocycles. The molecule has 2 N–H and O–H groups in total. The maximum Gasteiger partial charge on any atom is 0.336 e.